The average Bonchev–Trinajstić information content (AvgIpc) is 2.62. The molecule has 1 aromatic carbocycles. The zero-order chi connectivity index (χ0) is 12.4. The summed E-state index contributed by atoms with van der Waals surface area (Å²) in [4.78, 5) is 10.4. The summed E-state index contributed by atoms with van der Waals surface area (Å²) in [5.41, 5.74) is 4.22. The molecular formula is C12H15N3O2. The highest BCUT2D eigenvalue weighted by Gasteiger charge is 2.07. The number of aliphatic carboxylic acids is 1. The molecule has 0 bridgehead atoms. The molecule has 1 N–H and O–H groups in total. The van der Waals surface area contributed by atoms with E-state index in [0.29, 0.717) is 13.0 Å². The first kappa shape index (κ1) is 11.6. The fraction of sp³-hybridized carbons (Fsp3) is 0.417. The van der Waals surface area contributed by atoms with Gasteiger partial charge in [-0.2, -0.15) is 0 Å². The van der Waals surface area contributed by atoms with Crippen molar-refractivity contribution in [2.75, 3.05) is 0 Å². The van der Waals surface area contributed by atoms with Crippen molar-refractivity contribution in [3.63, 3.8) is 0 Å². The smallest absolute Gasteiger partial charge is 0.303 e. The van der Waals surface area contributed by atoms with Gasteiger partial charge in [-0.05, 0) is 43.5 Å². The number of carbonyl (C=O) groups is 1. The lowest BCUT2D eigenvalue weighted by molar-refractivity contribution is -0.137. The number of aromatic nitrogens is 3. The molecule has 0 radical (unpaired) electrons. The molecule has 17 heavy (non-hydrogen) atoms. The number of hydrogen-bond donors (Lipinski definition) is 1. The number of benzene rings is 1. The van der Waals surface area contributed by atoms with Crippen LogP contribution in [0, 0.1) is 13.8 Å². The van der Waals surface area contributed by atoms with Gasteiger partial charge in [0.1, 0.15) is 5.52 Å². The Morgan fingerprint density at radius 3 is 2.76 bits per heavy atom. The van der Waals surface area contributed by atoms with E-state index in [4.69, 9.17) is 5.11 Å². The third-order valence-electron chi connectivity index (χ3n) is 2.89. The molecule has 0 atom stereocenters. The summed E-state index contributed by atoms with van der Waals surface area (Å²) in [6.45, 7) is 4.67. The van der Waals surface area contributed by atoms with Gasteiger partial charge in [0.15, 0.2) is 0 Å². The third-order valence-corrected chi connectivity index (χ3v) is 2.89. The van der Waals surface area contributed by atoms with Crippen LogP contribution >= 0.6 is 0 Å². The van der Waals surface area contributed by atoms with Gasteiger partial charge in [-0.3, -0.25) is 4.79 Å². The van der Waals surface area contributed by atoms with Crippen LogP contribution in [0.1, 0.15) is 24.0 Å². The summed E-state index contributed by atoms with van der Waals surface area (Å²) in [6, 6.07) is 4.05. The van der Waals surface area contributed by atoms with Crippen LogP contribution in [-0.2, 0) is 11.3 Å². The second kappa shape index (κ2) is 4.53. The van der Waals surface area contributed by atoms with Crippen LogP contribution in [0.25, 0.3) is 11.0 Å². The third kappa shape index (κ3) is 2.43. The molecule has 1 heterocycles. The van der Waals surface area contributed by atoms with Gasteiger partial charge in [-0.1, -0.05) is 5.21 Å². The van der Waals surface area contributed by atoms with Crippen molar-refractivity contribution >= 4 is 17.0 Å². The topological polar surface area (TPSA) is 68.0 Å². The van der Waals surface area contributed by atoms with Gasteiger partial charge in [0.05, 0.1) is 5.52 Å². The molecule has 0 saturated heterocycles. The molecule has 2 aromatic rings. The Morgan fingerprint density at radius 1 is 1.35 bits per heavy atom. The van der Waals surface area contributed by atoms with Crippen LogP contribution in [0.3, 0.4) is 0 Å². The van der Waals surface area contributed by atoms with Crippen LogP contribution in [0.5, 0.6) is 0 Å². The van der Waals surface area contributed by atoms with Crippen molar-refractivity contribution < 1.29 is 9.90 Å². The first-order valence-corrected chi connectivity index (χ1v) is 5.60. The Labute approximate surface area is 99.1 Å². The maximum absolute atomic E-state index is 10.4. The Kier molecular flexibility index (Phi) is 3.08. The predicted molar refractivity (Wildman–Crippen MR) is 63.9 cm³/mol. The summed E-state index contributed by atoms with van der Waals surface area (Å²) in [5.74, 6) is -0.776. The molecule has 0 spiro atoms. The molecule has 0 aliphatic rings. The van der Waals surface area contributed by atoms with Crippen LogP contribution < -0.4 is 0 Å². The van der Waals surface area contributed by atoms with E-state index in [-0.39, 0.29) is 6.42 Å². The highest BCUT2D eigenvalue weighted by Crippen LogP contribution is 2.17. The summed E-state index contributed by atoms with van der Waals surface area (Å²) in [5, 5.41) is 16.7. The maximum Gasteiger partial charge on any atom is 0.303 e. The van der Waals surface area contributed by atoms with Gasteiger partial charge in [0.2, 0.25) is 0 Å². The van der Waals surface area contributed by atoms with Crippen molar-refractivity contribution in [3.05, 3.63) is 23.3 Å². The van der Waals surface area contributed by atoms with Crippen LogP contribution in [0.2, 0.25) is 0 Å². The summed E-state index contributed by atoms with van der Waals surface area (Å²) in [7, 11) is 0. The second-order valence-corrected chi connectivity index (χ2v) is 4.24. The monoisotopic (exact) mass is 233 g/mol. The number of hydrogen-bond acceptors (Lipinski definition) is 3. The summed E-state index contributed by atoms with van der Waals surface area (Å²) >= 11 is 0. The Hall–Kier alpha value is -1.91. The van der Waals surface area contributed by atoms with Gasteiger partial charge in [0, 0.05) is 13.0 Å². The Balaban J connectivity index is 2.23. The van der Waals surface area contributed by atoms with Gasteiger partial charge in [-0.25, -0.2) is 4.68 Å². The molecule has 0 saturated carbocycles. The number of aryl methyl sites for hydroxylation is 3. The van der Waals surface area contributed by atoms with E-state index in [1.165, 1.54) is 11.1 Å². The molecule has 0 amide bonds. The van der Waals surface area contributed by atoms with Crippen molar-refractivity contribution in [2.24, 2.45) is 0 Å². The molecule has 90 valence electrons. The van der Waals surface area contributed by atoms with E-state index in [1.807, 2.05) is 26.0 Å². The van der Waals surface area contributed by atoms with Gasteiger partial charge < -0.3 is 5.11 Å². The van der Waals surface area contributed by atoms with E-state index in [9.17, 15) is 4.79 Å². The number of nitrogens with zero attached hydrogens (tertiary/aromatic N) is 3. The Morgan fingerprint density at radius 2 is 2.06 bits per heavy atom. The highest BCUT2D eigenvalue weighted by atomic mass is 16.4. The summed E-state index contributed by atoms with van der Waals surface area (Å²) in [6.07, 6.45) is 0.729. The minimum absolute atomic E-state index is 0.159. The maximum atomic E-state index is 10.4. The van der Waals surface area contributed by atoms with E-state index in [1.54, 1.807) is 4.68 Å². The molecule has 1 aromatic heterocycles. The SMILES string of the molecule is Cc1cc2nnn(CCCC(=O)O)c2cc1C. The molecule has 0 fully saturated rings. The fourth-order valence-electron chi connectivity index (χ4n) is 1.77. The zero-order valence-electron chi connectivity index (χ0n) is 9.97. The molecule has 2 rings (SSSR count). The van der Waals surface area contributed by atoms with Crippen molar-refractivity contribution in [1.29, 1.82) is 0 Å². The van der Waals surface area contributed by atoms with E-state index in [2.05, 4.69) is 10.3 Å². The highest BCUT2D eigenvalue weighted by molar-refractivity contribution is 5.76. The number of rotatable bonds is 4. The van der Waals surface area contributed by atoms with Crippen LogP contribution in [0.4, 0.5) is 0 Å². The molecule has 5 nitrogen and oxygen atoms in total. The minimum Gasteiger partial charge on any atom is -0.481 e. The average molecular weight is 233 g/mol. The zero-order valence-corrected chi connectivity index (χ0v) is 9.97. The van der Waals surface area contributed by atoms with Gasteiger partial charge in [-0.15, -0.1) is 5.10 Å². The molecule has 0 unspecified atom stereocenters. The van der Waals surface area contributed by atoms with Gasteiger partial charge >= 0.3 is 5.97 Å². The number of carboxylic acid groups (broad SMARTS) is 1. The standard InChI is InChI=1S/C12H15N3O2/c1-8-6-10-11(7-9(8)2)15(14-13-10)5-3-4-12(16)17/h6-7H,3-5H2,1-2H3,(H,16,17). The fourth-order valence-corrected chi connectivity index (χ4v) is 1.77. The predicted octanol–water partition coefficient (Wildman–Crippen LogP) is 1.91. The van der Waals surface area contributed by atoms with Crippen molar-refractivity contribution in [1.82, 2.24) is 15.0 Å². The van der Waals surface area contributed by atoms with E-state index in [0.717, 1.165) is 11.0 Å². The molecule has 5 heteroatoms. The Bertz CT molecular complexity index is 560. The first-order chi connectivity index (χ1) is 8.08. The number of carboxylic acids is 1. The largest absolute Gasteiger partial charge is 0.481 e. The van der Waals surface area contributed by atoms with E-state index < -0.39 is 5.97 Å². The van der Waals surface area contributed by atoms with E-state index >= 15 is 0 Å². The minimum atomic E-state index is -0.776. The second-order valence-electron chi connectivity index (χ2n) is 4.24. The first-order valence-electron chi connectivity index (χ1n) is 5.60. The normalized spacial score (nSPS) is 10.9. The lowest BCUT2D eigenvalue weighted by atomic mass is 10.1. The van der Waals surface area contributed by atoms with Crippen molar-refractivity contribution in [3.8, 4) is 0 Å². The van der Waals surface area contributed by atoms with Crippen LogP contribution in [-0.4, -0.2) is 26.1 Å². The van der Waals surface area contributed by atoms with Crippen LogP contribution in [0.15, 0.2) is 12.1 Å². The quantitative estimate of drug-likeness (QED) is 0.875. The molecular weight excluding hydrogens is 218 g/mol. The van der Waals surface area contributed by atoms with Gasteiger partial charge in [0.25, 0.3) is 0 Å². The lowest BCUT2D eigenvalue weighted by Crippen LogP contribution is -2.03. The lowest BCUT2D eigenvalue weighted by Gasteiger charge is -2.03. The van der Waals surface area contributed by atoms with Crippen molar-refractivity contribution in [2.45, 2.75) is 33.2 Å². The summed E-state index contributed by atoms with van der Waals surface area (Å²) < 4.78 is 1.77. The number of fused-ring (bicyclic) bond motifs is 1. The molecule has 0 aliphatic carbocycles. The molecule has 0 aliphatic heterocycles.